The molecule has 0 saturated heterocycles. The van der Waals surface area contributed by atoms with Crippen LogP contribution in [0.1, 0.15) is 38.9 Å². The lowest BCUT2D eigenvalue weighted by Gasteiger charge is -2.29. The Morgan fingerprint density at radius 1 is 1.10 bits per heavy atom. The van der Waals surface area contributed by atoms with E-state index in [1.165, 1.54) is 0 Å². The maximum Gasteiger partial charge on any atom is 0.122 e. The third kappa shape index (κ3) is 5.19. The van der Waals surface area contributed by atoms with E-state index in [-0.39, 0.29) is 23.9 Å². The zero-order chi connectivity index (χ0) is 14.6. The van der Waals surface area contributed by atoms with Gasteiger partial charge in [-0.3, -0.25) is 0 Å². The van der Waals surface area contributed by atoms with Crippen LogP contribution in [0.4, 0.5) is 0 Å². The van der Waals surface area contributed by atoms with Crippen molar-refractivity contribution in [1.82, 2.24) is 0 Å². The highest BCUT2D eigenvalue weighted by atomic mass is 35.5. The van der Waals surface area contributed by atoms with Crippen molar-refractivity contribution in [2.75, 3.05) is 14.2 Å². The number of benzene rings is 1. The Labute approximate surface area is 127 Å². The first kappa shape index (κ1) is 19.0. The van der Waals surface area contributed by atoms with E-state index in [9.17, 15) is 5.11 Å². The number of rotatable bonds is 5. The lowest BCUT2D eigenvalue weighted by Crippen LogP contribution is -2.36. The number of ether oxygens (including phenoxy) is 2. The third-order valence-corrected chi connectivity index (χ3v) is 3.35. The summed E-state index contributed by atoms with van der Waals surface area (Å²) < 4.78 is 10.4. The predicted octanol–water partition coefficient (Wildman–Crippen LogP) is 2.92. The first-order valence-corrected chi connectivity index (χ1v) is 6.44. The van der Waals surface area contributed by atoms with Crippen molar-refractivity contribution >= 4 is 12.4 Å². The molecule has 116 valence electrons. The van der Waals surface area contributed by atoms with E-state index in [0.717, 1.165) is 5.56 Å². The van der Waals surface area contributed by atoms with Gasteiger partial charge in [-0.1, -0.05) is 20.8 Å². The van der Waals surface area contributed by atoms with Crippen LogP contribution in [-0.4, -0.2) is 25.4 Å². The van der Waals surface area contributed by atoms with Crippen LogP contribution in [0.5, 0.6) is 11.5 Å². The van der Waals surface area contributed by atoms with Crippen LogP contribution in [0.15, 0.2) is 18.2 Å². The first-order valence-electron chi connectivity index (χ1n) is 6.44. The molecule has 1 rings (SSSR count). The minimum absolute atomic E-state index is 0. The van der Waals surface area contributed by atoms with Crippen LogP contribution in [0.2, 0.25) is 0 Å². The lowest BCUT2D eigenvalue weighted by atomic mass is 9.83. The van der Waals surface area contributed by atoms with Crippen molar-refractivity contribution in [2.45, 2.75) is 39.3 Å². The van der Waals surface area contributed by atoms with Gasteiger partial charge >= 0.3 is 0 Å². The number of halogens is 1. The Morgan fingerprint density at radius 3 is 1.90 bits per heavy atom. The topological polar surface area (TPSA) is 64.7 Å². The van der Waals surface area contributed by atoms with Crippen LogP contribution in [0.25, 0.3) is 0 Å². The van der Waals surface area contributed by atoms with E-state index in [4.69, 9.17) is 15.2 Å². The van der Waals surface area contributed by atoms with Crippen LogP contribution < -0.4 is 15.2 Å². The molecule has 0 heterocycles. The Kier molecular flexibility index (Phi) is 7.34. The molecular weight excluding hydrogens is 278 g/mol. The summed E-state index contributed by atoms with van der Waals surface area (Å²) in [6, 6.07) is 5.31. The normalized spacial score (nSPS) is 14.2. The van der Waals surface area contributed by atoms with Gasteiger partial charge < -0.3 is 20.3 Å². The van der Waals surface area contributed by atoms with E-state index in [1.54, 1.807) is 20.3 Å². The molecule has 0 spiro atoms. The summed E-state index contributed by atoms with van der Waals surface area (Å²) in [7, 11) is 3.18. The van der Waals surface area contributed by atoms with E-state index in [2.05, 4.69) is 20.8 Å². The monoisotopic (exact) mass is 303 g/mol. The Hall–Kier alpha value is -0.970. The molecule has 0 amide bonds. The quantitative estimate of drug-likeness (QED) is 0.878. The fourth-order valence-corrected chi connectivity index (χ4v) is 1.75. The van der Waals surface area contributed by atoms with Crippen molar-refractivity contribution in [2.24, 2.45) is 11.1 Å². The molecule has 0 aromatic heterocycles. The minimum Gasteiger partial charge on any atom is -0.497 e. The molecule has 0 radical (unpaired) electrons. The summed E-state index contributed by atoms with van der Waals surface area (Å²) in [5.74, 6) is 1.33. The van der Waals surface area contributed by atoms with Crippen molar-refractivity contribution in [3.8, 4) is 11.5 Å². The lowest BCUT2D eigenvalue weighted by molar-refractivity contribution is 0.133. The second-order valence-corrected chi connectivity index (χ2v) is 5.87. The maximum absolute atomic E-state index is 10.3. The zero-order valence-electron chi connectivity index (χ0n) is 12.8. The largest absolute Gasteiger partial charge is 0.497 e. The molecule has 2 atom stereocenters. The van der Waals surface area contributed by atoms with Gasteiger partial charge in [-0.05, 0) is 29.5 Å². The summed E-state index contributed by atoms with van der Waals surface area (Å²) in [5, 5.41) is 10.3. The standard InChI is InChI=1S/C15H25NO3.ClH/c1-15(2,3)14(16)9-13(17)10-6-11(18-4)8-12(7-10)19-5;/h6-8,13-14,17H,9,16H2,1-5H3;1H/t13-,14-;/m1./s1. The molecule has 0 bridgehead atoms. The Bertz CT molecular complexity index is 396. The molecule has 0 unspecified atom stereocenters. The molecular formula is C15H26ClNO3. The van der Waals surface area contributed by atoms with Gasteiger partial charge in [0, 0.05) is 12.1 Å². The molecule has 1 aromatic carbocycles. The number of hydrogen-bond donors (Lipinski definition) is 2. The molecule has 0 fully saturated rings. The molecule has 5 heteroatoms. The average molecular weight is 304 g/mol. The molecule has 3 N–H and O–H groups in total. The first-order chi connectivity index (χ1) is 8.77. The summed E-state index contributed by atoms with van der Waals surface area (Å²) in [6.45, 7) is 6.20. The van der Waals surface area contributed by atoms with Gasteiger partial charge in [0.1, 0.15) is 11.5 Å². The van der Waals surface area contributed by atoms with Gasteiger partial charge in [0.15, 0.2) is 0 Å². The number of methoxy groups -OCH3 is 2. The molecule has 0 saturated carbocycles. The van der Waals surface area contributed by atoms with Crippen molar-refractivity contribution in [3.63, 3.8) is 0 Å². The fourth-order valence-electron chi connectivity index (χ4n) is 1.75. The highest BCUT2D eigenvalue weighted by Crippen LogP contribution is 2.31. The summed E-state index contributed by atoms with van der Waals surface area (Å²) in [4.78, 5) is 0. The number of nitrogens with two attached hydrogens (primary N) is 1. The van der Waals surface area contributed by atoms with Crippen LogP contribution in [0, 0.1) is 5.41 Å². The zero-order valence-corrected chi connectivity index (χ0v) is 13.7. The van der Waals surface area contributed by atoms with Crippen molar-refractivity contribution < 1.29 is 14.6 Å². The molecule has 20 heavy (non-hydrogen) atoms. The van der Waals surface area contributed by atoms with Crippen molar-refractivity contribution in [1.29, 1.82) is 0 Å². The molecule has 0 aliphatic rings. The number of hydrogen-bond acceptors (Lipinski definition) is 4. The highest BCUT2D eigenvalue weighted by Gasteiger charge is 2.24. The Morgan fingerprint density at radius 2 is 1.55 bits per heavy atom. The van der Waals surface area contributed by atoms with E-state index >= 15 is 0 Å². The third-order valence-electron chi connectivity index (χ3n) is 3.35. The smallest absolute Gasteiger partial charge is 0.122 e. The highest BCUT2D eigenvalue weighted by molar-refractivity contribution is 5.85. The second-order valence-electron chi connectivity index (χ2n) is 5.87. The van der Waals surface area contributed by atoms with Gasteiger partial charge in [0.05, 0.1) is 20.3 Å². The van der Waals surface area contributed by atoms with Gasteiger partial charge in [-0.15, -0.1) is 12.4 Å². The van der Waals surface area contributed by atoms with Gasteiger partial charge in [0.25, 0.3) is 0 Å². The van der Waals surface area contributed by atoms with Crippen LogP contribution in [0.3, 0.4) is 0 Å². The van der Waals surface area contributed by atoms with E-state index < -0.39 is 6.10 Å². The summed E-state index contributed by atoms with van der Waals surface area (Å²) in [5.41, 5.74) is 6.83. The number of aliphatic hydroxyl groups excluding tert-OH is 1. The minimum atomic E-state index is -0.627. The van der Waals surface area contributed by atoms with Crippen LogP contribution >= 0.6 is 12.4 Å². The maximum atomic E-state index is 10.3. The van der Waals surface area contributed by atoms with Gasteiger partial charge in [0.2, 0.25) is 0 Å². The second kappa shape index (κ2) is 7.72. The van der Waals surface area contributed by atoms with E-state index in [0.29, 0.717) is 17.9 Å². The van der Waals surface area contributed by atoms with Crippen molar-refractivity contribution in [3.05, 3.63) is 23.8 Å². The Balaban J connectivity index is 0.00000361. The summed E-state index contributed by atoms with van der Waals surface area (Å²) >= 11 is 0. The van der Waals surface area contributed by atoms with E-state index in [1.807, 2.05) is 12.1 Å². The van der Waals surface area contributed by atoms with Gasteiger partial charge in [-0.25, -0.2) is 0 Å². The predicted molar refractivity (Wildman–Crippen MR) is 83.8 cm³/mol. The van der Waals surface area contributed by atoms with Gasteiger partial charge in [-0.2, -0.15) is 0 Å². The molecule has 1 aromatic rings. The number of aliphatic hydroxyl groups is 1. The average Bonchev–Trinajstić information content (AvgIpc) is 2.36. The molecule has 0 aliphatic heterocycles. The fraction of sp³-hybridized carbons (Fsp3) is 0.600. The summed E-state index contributed by atoms with van der Waals surface area (Å²) in [6.07, 6.45) is -0.127. The SMILES string of the molecule is COc1cc(OC)cc([C@H](O)C[C@@H](N)C(C)(C)C)c1.Cl. The molecule has 0 aliphatic carbocycles. The molecule has 4 nitrogen and oxygen atoms in total. The van der Waals surface area contributed by atoms with Crippen LogP contribution in [-0.2, 0) is 0 Å².